The van der Waals surface area contributed by atoms with Crippen LogP contribution in [0.4, 0.5) is 30.2 Å². The molecule has 4 rings (SSSR count). The molecule has 0 unspecified atom stereocenters. The SMILES string of the molecule is FC(F)(F)c1cccc(NC(=S)Nc2ccc(N3CCOCC3)c3nonc23)c1. The third kappa shape index (κ3) is 4.25. The lowest BCUT2D eigenvalue weighted by Gasteiger charge is -2.28. The number of nitrogens with zero attached hydrogens (tertiary/aromatic N) is 3. The van der Waals surface area contributed by atoms with Gasteiger partial charge in [-0.15, -0.1) is 0 Å². The normalized spacial score (nSPS) is 14.8. The number of anilines is 3. The van der Waals surface area contributed by atoms with Crippen molar-refractivity contribution in [3.8, 4) is 0 Å². The Morgan fingerprint density at radius 3 is 2.55 bits per heavy atom. The molecule has 7 nitrogen and oxygen atoms in total. The molecule has 0 bridgehead atoms. The molecular formula is C18H16F3N5O2S. The first-order chi connectivity index (χ1) is 13.9. The van der Waals surface area contributed by atoms with E-state index in [2.05, 4.69) is 25.8 Å². The molecule has 1 aromatic heterocycles. The van der Waals surface area contributed by atoms with Crippen molar-refractivity contribution in [1.29, 1.82) is 0 Å². The number of ether oxygens (including phenoxy) is 1. The van der Waals surface area contributed by atoms with Crippen LogP contribution < -0.4 is 15.5 Å². The van der Waals surface area contributed by atoms with Crippen molar-refractivity contribution < 1.29 is 22.5 Å². The standard InChI is InChI=1S/C18H16F3N5O2S/c19-18(20,21)11-2-1-3-12(10-11)22-17(29)23-13-4-5-14(16-15(13)24-28-25-16)26-6-8-27-9-7-26/h1-5,10H,6-9H2,(H2,22,23,29). The molecular weight excluding hydrogens is 407 g/mol. The number of hydrogen-bond donors (Lipinski definition) is 2. The second kappa shape index (κ2) is 7.84. The topological polar surface area (TPSA) is 75.5 Å². The van der Waals surface area contributed by atoms with Gasteiger partial charge in [-0.3, -0.25) is 0 Å². The predicted octanol–water partition coefficient (Wildman–Crippen LogP) is 3.89. The molecule has 0 radical (unpaired) electrons. The molecule has 152 valence electrons. The summed E-state index contributed by atoms with van der Waals surface area (Å²) in [5.41, 5.74) is 1.90. The van der Waals surface area contributed by atoms with Crippen molar-refractivity contribution in [3.05, 3.63) is 42.0 Å². The van der Waals surface area contributed by atoms with Crippen molar-refractivity contribution >= 4 is 45.4 Å². The monoisotopic (exact) mass is 423 g/mol. The summed E-state index contributed by atoms with van der Waals surface area (Å²) in [6.07, 6.45) is -4.43. The summed E-state index contributed by atoms with van der Waals surface area (Å²) in [5.74, 6) is 0. The fourth-order valence-electron chi connectivity index (χ4n) is 3.07. The van der Waals surface area contributed by atoms with Gasteiger partial charge in [-0.2, -0.15) is 13.2 Å². The number of rotatable bonds is 3. The van der Waals surface area contributed by atoms with Crippen LogP contribution in [0.15, 0.2) is 41.0 Å². The first kappa shape index (κ1) is 19.4. The zero-order chi connectivity index (χ0) is 20.4. The van der Waals surface area contributed by atoms with Crippen molar-refractivity contribution in [3.63, 3.8) is 0 Å². The minimum atomic E-state index is -4.43. The summed E-state index contributed by atoms with van der Waals surface area (Å²) >= 11 is 5.24. The minimum absolute atomic E-state index is 0.118. The first-order valence-electron chi connectivity index (χ1n) is 8.75. The number of benzene rings is 2. The summed E-state index contributed by atoms with van der Waals surface area (Å²) in [6, 6.07) is 8.44. The second-order valence-electron chi connectivity index (χ2n) is 6.35. The van der Waals surface area contributed by atoms with E-state index < -0.39 is 11.7 Å². The smallest absolute Gasteiger partial charge is 0.378 e. The van der Waals surface area contributed by atoms with Crippen LogP contribution in [0.2, 0.25) is 0 Å². The number of alkyl halides is 3. The van der Waals surface area contributed by atoms with Gasteiger partial charge in [0.25, 0.3) is 0 Å². The van der Waals surface area contributed by atoms with Gasteiger partial charge in [0.15, 0.2) is 16.1 Å². The Balaban J connectivity index is 1.52. The van der Waals surface area contributed by atoms with E-state index in [9.17, 15) is 13.2 Å². The van der Waals surface area contributed by atoms with Crippen molar-refractivity contribution in [2.75, 3.05) is 41.8 Å². The Bertz CT molecular complexity index is 1030. The fraction of sp³-hybridized carbons (Fsp3) is 0.278. The molecule has 1 aliphatic heterocycles. The Morgan fingerprint density at radius 2 is 1.79 bits per heavy atom. The van der Waals surface area contributed by atoms with Gasteiger partial charge in [-0.25, -0.2) is 4.63 Å². The zero-order valence-corrected chi connectivity index (χ0v) is 15.8. The lowest BCUT2D eigenvalue weighted by molar-refractivity contribution is -0.137. The molecule has 0 saturated carbocycles. The number of aromatic nitrogens is 2. The van der Waals surface area contributed by atoms with Gasteiger partial charge in [0.2, 0.25) is 0 Å². The molecule has 3 aromatic rings. The lowest BCUT2D eigenvalue weighted by Crippen LogP contribution is -2.36. The van der Waals surface area contributed by atoms with E-state index >= 15 is 0 Å². The number of hydrogen-bond acceptors (Lipinski definition) is 6. The largest absolute Gasteiger partial charge is 0.416 e. The molecule has 11 heteroatoms. The highest BCUT2D eigenvalue weighted by atomic mass is 32.1. The molecule has 2 N–H and O–H groups in total. The minimum Gasteiger partial charge on any atom is -0.378 e. The first-order valence-corrected chi connectivity index (χ1v) is 9.16. The van der Waals surface area contributed by atoms with Gasteiger partial charge in [0, 0.05) is 18.8 Å². The third-order valence-electron chi connectivity index (χ3n) is 4.44. The number of thiocarbonyl (C=S) groups is 1. The van der Waals surface area contributed by atoms with Crippen molar-refractivity contribution in [2.24, 2.45) is 0 Å². The summed E-state index contributed by atoms with van der Waals surface area (Å²) in [5, 5.41) is 13.7. The van der Waals surface area contributed by atoms with E-state index in [4.69, 9.17) is 21.6 Å². The van der Waals surface area contributed by atoms with E-state index in [1.807, 2.05) is 6.07 Å². The highest BCUT2D eigenvalue weighted by Crippen LogP contribution is 2.32. The van der Waals surface area contributed by atoms with E-state index in [0.29, 0.717) is 29.9 Å². The van der Waals surface area contributed by atoms with Crippen molar-refractivity contribution in [2.45, 2.75) is 6.18 Å². The average Bonchev–Trinajstić information content (AvgIpc) is 3.19. The number of fused-ring (bicyclic) bond motifs is 1. The predicted molar refractivity (Wildman–Crippen MR) is 106 cm³/mol. The fourth-order valence-corrected chi connectivity index (χ4v) is 3.30. The van der Waals surface area contributed by atoms with Gasteiger partial charge >= 0.3 is 6.18 Å². The van der Waals surface area contributed by atoms with Crippen LogP contribution >= 0.6 is 12.2 Å². The molecule has 1 fully saturated rings. The third-order valence-corrected chi connectivity index (χ3v) is 4.65. The Kier molecular flexibility index (Phi) is 5.24. The molecule has 2 heterocycles. The summed E-state index contributed by atoms with van der Waals surface area (Å²) in [4.78, 5) is 2.12. The maximum Gasteiger partial charge on any atom is 0.416 e. The van der Waals surface area contributed by atoms with E-state index in [1.165, 1.54) is 12.1 Å². The highest BCUT2D eigenvalue weighted by molar-refractivity contribution is 7.80. The van der Waals surface area contributed by atoms with Crippen LogP contribution in [0, 0.1) is 0 Å². The number of halogens is 3. The molecule has 0 aliphatic carbocycles. The van der Waals surface area contributed by atoms with E-state index in [-0.39, 0.29) is 10.8 Å². The van der Waals surface area contributed by atoms with Crippen LogP contribution in [-0.2, 0) is 10.9 Å². The number of morpholine rings is 1. The quantitative estimate of drug-likeness (QED) is 0.615. The number of nitrogens with one attached hydrogen (secondary N) is 2. The average molecular weight is 423 g/mol. The summed E-state index contributed by atoms with van der Waals surface area (Å²) in [6.45, 7) is 2.70. The van der Waals surface area contributed by atoms with Gasteiger partial charge < -0.3 is 20.3 Å². The maximum atomic E-state index is 12.9. The van der Waals surface area contributed by atoms with Gasteiger partial charge in [-0.05, 0) is 52.9 Å². The summed E-state index contributed by atoms with van der Waals surface area (Å²) < 4.78 is 48.9. The molecule has 0 amide bonds. The van der Waals surface area contributed by atoms with Crippen molar-refractivity contribution in [1.82, 2.24) is 10.3 Å². The van der Waals surface area contributed by atoms with Gasteiger partial charge in [0.1, 0.15) is 0 Å². The van der Waals surface area contributed by atoms with Crippen LogP contribution in [0.5, 0.6) is 0 Å². The van der Waals surface area contributed by atoms with Crippen LogP contribution in [0.25, 0.3) is 11.0 Å². The Morgan fingerprint density at radius 1 is 1.03 bits per heavy atom. The van der Waals surface area contributed by atoms with Crippen LogP contribution in [0.1, 0.15) is 5.56 Å². The highest BCUT2D eigenvalue weighted by Gasteiger charge is 2.30. The molecule has 2 aromatic carbocycles. The molecule has 1 saturated heterocycles. The molecule has 0 spiro atoms. The van der Waals surface area contributed by atoms with E-state index in [1.54, 1.807) is 6.07 Å². The Hall–Kier alpha value is -2.92. The van der Waals surface area contributed by atoms with E-state index in [0.717, 1.165) is 30.9 Å². The van der Waals surface area contributed by atoms with Gasteiger partial charge in [0.05, 0.1) is 30.2 Å². The Labute approximate surface area is 168 Å². The maximum absolute atomic E-state index is 12.9. The summed E-state index contributed by atoms with van der Waals surface area (Å²) in [7, 11) is 0. The van der Waals surface area contributed by atoms with Gasteiger partial charge in [-0.1, -0.05) is 6.07 Å². The lowest BCUT2D eigenvalue weighted by atomic mass is 10.2. The molecule has 0 atom stereocenters. The molecule has 1 aliphatic rings. The second-order valence-corrected chi connectivity index (χ2v) is 6.76. The van der Waals surface area contributed by atoms with Crippen LogP contribution in [0.3, 0.4) is 0 Å². The van der Waals surface area contributed by atoms with Crippen LogP contribution in [-0.4, -0.2) is 41.7 Å². The molecule has 29 heavy (non-hydrogen) atoms. The zero-order valence-electron chi connectivity index (χ0n) is 15.0.